The van der Waals surface area contributed by atoms with Crippen molar-refractivity contribution in [3.05, 3.63) is 125 Å². The molecule has 2 atom stereocenters. The number of anilines is 1. The Bertz CT molecular complexity index is 1990. The summed E-state index contributed by atoms with van der Waals surface area (Å²) in [7, 11) is 0. The third kappa shape index (κ3) is 8.35. The molecule has 4 aromatic rings. The average Bonchev–Trinajstić information content (AvgIpc) is 3.52. The van der Waals surface area contributed by atoms with Crippen LogP contribution in [0.2, 0.25) is 0 Å². The van der Waals surface area contributed by atoms with Crippen LogP contribution in [-0.2, 0) is 16.1 Å². The van der Waals surface area contributed by atoms with Crippen LogP contribution in [0.3, 0.4) is 0 Å². The lowest BCUT2D eigenvalue weighted by Gasteiger charge is -2.36. The number of phenols is 1. The van der Waals surface area contributed by atoms with E-state index in [9.17, 15) is 24.6 Å². The Kier molecular flexibility index (Phi) is 11.4. The Morgan fingerprint density at radius 3 is 2.24 bits per heavy atom. The van der Waals surface area contributed by atoms with Crippen molar-refractivity contribution in [2.75, 3.05) is 44.2 Å². The first kappa shape index (κ1) is 36.9. The fourth-order valence-electron chi connectivity index (χ4n) is 7.80. The summed E-state index contributed by atoms with van der Waals surface area (Å²) in [5.74, 6) is 0.148. The molecule has 0 spiro atoms. The molecule has 3 amide bonds. The number of aromatic hydroxyl groups is 1. The monoisotopic (exact) mass is 728 g/mol. The van der Waals surface area contributed by atoms with Gasteiger partial charge < -0.3 is 24.7 Å². The molecule has 10 heteroatoms. The highest BCUT2D eigenvalue weighted by atomic mass is 16.5. The molecule has 2 unspecified atom stereocenters. The van der Waals surface area contributed by atoms with Gasteiger partial charge in [0.15, 0.2) is 0 Å². The minimum Gasteiger partial charge on any atom is -0.508 e. The molecule has 3 N–H and O–H groups in total. The average molecular weight is 729 g/mol. The van der Waals surface area contributed by atoms with Crippen LogP contribution in [0.4, 0.5) is 5.69 Å². The van der Waals surface area contributed by atoms with Crippen LogP contribution < -0.4 is 15.0 Å². The Morgan fingerprint density at radius 1 is 0.852 bits per heavy atom. The van der Waals surface area contributed by atoms with E-state index in [0.29, 0.717) is 38.0 Å². The first-order valence-electron chi connectivity index (χ1n) is 19.0. The number of hydrogen-bond donors (Lipinski definition) is 3. The summed E-state index contributed by atoms with van der Waals surface area (Å²) in [6.07, 6.45) is 2.18. The molecule has 2 saturated heterocycles. The maximum absolute atomic E-state index is 13.1. The summed E-state index contributed by atoms with van der Waals surface area (Å²) in [4.78, 5) is 43.4. The summed E-state index contributed by atoms with van der Waals surface area (Å²) in [6, 6.07) is 31.1. The second kappa shape index (κ2) is 16.7. The number of rotatable bonds is 13. The van der Waals surface area contributed by atoms with Gasteiger partial charge in [-0.1, -0.05) is 61.5 Å². The van der Waals surface area contributed by atoms with Crippen molar-refractivity contribution < 1.29 is 29.3 Å². The zero-order valence-corrected chi connectivity index (χ0v) is 30.7. The molecule has 0 saturated carbocycles. The van der Waals surface area contributed by atoms with Crippen molar-refractivity contribution >= 4 is 34.6 Å². The lowest BCUT2D eigenvalue weighted by Crippen LogP contribution is -2.52. The van der Waals surface area contributed by atoms with E-state index in [2.05, 4.69) is 64.5 Å². The van der Waals surface area contributed by atoms with E-state index in [1.807, 2.05) is 42.5 Å². The number of fused-ring (bicyclic) bond motifs is 1. The number of amides is 3. The number of allylic oxidation sites excluding steroid dienone is 1. The number of piperazine rings is 1. The van der Waals surface area contributed by atoms with Gasteiger partial charge in [0.1, 0.15) is 17.5 Å². The normalized spacial score (nSPS) is 18.6. The molecule has 4 aromatic carbocycles. The molecule has 0 radical (unpaired) electrons. The topological polar surface area (TPSA) is 123 Å². The largest absolute Gasteiger partial charge is 0.508 e. The summed E-state index contributed by atoms with van der Waals surface area (Å²) in [5.41, 5.74) is 8.21. The van der Waals surface area contributed by atoms with Crippen LogP contribution >= 0.6 is 0 Å². The molecular weight excluding hydrogens is 681 g/mol. The van der Waals surface area contributed by atoms with E-state index in [-0.39, 0.29) is 24.0 Å². The summed E-state index contributed by atoms with van der Waals surface area (Å²) >= 11 is 0. The maximum atomic E-state index is 13.1. The van der Waals surface area contributed by atoms with Crippen LogP contribution in [-0.4, -0.2) is 89.2 Å². The number of carbonyl (C=O) groups is 3. The van der Waals surface area contributed by atoms with Crippen molar-refractivity contribution in [1.82, 2.24) is 15.1 Å². The predicted octanol–water partition coefficient (Wildman–Crippen LogP) is 5.86. The van der Waals surface area contributed by atoms with Crippen molar-refractivity contribution in [3.63, 3.8) is 0 Å². The number of piperidine rings is 1. The van der Waals surface area contributed by atoms with Gasteiger partial charge in [0.25, 0.3) is 5.91 Å². The molecular formula is C44H48N4O6. The smallest absolute Gasteiger partial charge is 0.255 e. The van der Waals surface area contributed by atoms with Gasteiger partial charge in [-0.25, -0.2) is 0 Å². The fourth-order valence-corrected chi connectivity index (χ4v) is 7.80. The number of carbonyl (C=O) groups excluding carboxylic acids is 3. The molecule has 3 aliphatic heterocycles. The number of aliphatic hydroxyl groups excluding tert-OH is 1. The standard InChI is InChI=1S/C44H48N4O6/c1-2-38(30-6-4-3-5-7-30)42(31-8-13-35(49)14-9-31)32-10-15-37(16-11-32)54-27-21-36(50)20-22-46-23-25-47(26-24-46)34-12-17-39-33(28-34)29-48(44(39)53)40-18-19-41(51)45-43(40)52/h3-17,28,36,40,49-50H,2,18-27,29H2,1H3,(H,45,51,52)/b42-38-. The van der Waals surface area contributed by atoms with Gasteiger partial charge >= 0.3 is 0 Å². The SMILES string of the molecule is CC/C(=C(\c1ccc(O)cc1)c1ccc(OCCC(O)CCN2CCN(c3ccc4c(c3)CN(C3CCC(=O)NC3=O)C4=O)CC2)cc1)c1ccccc1. The van der Waals surface area contributed by atoms with Gasteiger partial charge in [-0.05, 0) is 95.1 Å². The van der Waals surface area contributed by atoms with Gasteiger partial charge in [0.05, 0.1) is 12.7 Å². The van der Waals surface area contributed by atoms with E-state index in [1.54, 1.807) is 17.0 Å². The predicted molar refractivity (Wildman–Crippen MR) is 209 cm³/mol. The highest BCUT2D eigenvalue weighted by molar-refractivity contribution is 6.05. The van der Waals surface area contributed by atoms with Crippen molar-refractivity contribution in [1.29, 1.82) is 0 Å². The Morgan fingerprint density at radius 2 is 1.56 bits per heavy atom. The first-order chi connectivity index (χ1) is 26.3. The zero-order valence-electron chi connectivity index (χ0n) is 30.7. The zero-order chi connectivity index (χ0) is 37.6. The molecule has 2 fully saturated rings. The van der Waals surface area contributed by atoms with Crippen molar-refractivity contribution in [2.45, 2.75) is 57.7 Å². The van der Waals surface area contributed by atoms with E-state index >= 15 is 0 Å². The number of imide groups is 1. The highest BCUT2D eigenvalue weighted by Crippen LogP contribution is 2.36. The first-order valence-corrected chi connectivity index (χ1v) is 19.0. The van der Waals surface area contributed by atoms with Crippen LogP contribution in [0.25, 0.3) is 11.1 Å². The van der Waals surface area contributed by atoms with Crippen molar-refractivity contribution in [2.24, 2.45) is 0 Å². The molecule has 0 aliphatic carbocycles. The molecule has 3 heterocycles. The third-order valence-corrected chi connectivity index (χ3v) is 10.8. The molecule has 0 aromatic heterocycles. The Labute approximate surface area is 316 Å². The van der Waals surface area contributed by atoms with Gasteiger partial charge in [0, 0.05) is 63.4 Å². The van der Waals surface area contributed by atoms with Gasteiger partial charge in [0.2, 0.25) is 11.8 Å². The molecule has 280 valence electrons. The lowest BCUT2D eigenvalue weighted by atomic mass is 9.88. The van der Waals surface area contributed by atoms with E-state index in [0.717, 1.165) is 72.8 Å². The van der Waals surface area contributed by atoms with E-state index in [4.69, 9.17) is 4.74 Å². The van der Waals surface area contributed by atoms with Crippen LogP contribution in [0.5, 0.6) is 11.5 Å². The number of benzene rings is 4. The fraction of sp³-hybridized carbons (Fsp3) is 0.341. The van der Waals surface area contributed by atoms with Crippen LogP contribution in [0.15, 0.2) is 97.1 Å². The van der Waals surface area contributed by atoms with Crippen molar-refractivity contribution in [3.8, 4) is 11.5 Å². The second-order valence-corrected chi connectivity index (χ2v) is 14.3. The maximum Gasteiger partial charge on any atom is 0.255 e. The second-order valence-electron chi connectivity index (χ2n) is 14.3. The number of nitrogens with one attached hydrogen (secondary N) is 1. The van der Waals surface area contributed by atoms with Crippen LogP contribution in [0.1, 0.15) is 71.6 Å². The highest BCUT2D eigenvalue weighted by Gasteiger charge is 2.39. The third-order valence-electron chi connectivity index (χ3n) is 10.8. The Balaban J connectivity index is 0.871. The Hall–Kier alpha value is -5.45. The molecule has 3 aliphatic rings. The van der Waals surface area contributed by atoms with Gasteiger partial charge in [-0.3, -0.25) is 24.6 Å². The minimum absolute atomic E-state index is 0.157. The summed E-state index contributed by atoms with van der Waals surface area (Å²) in [5, 5.41) is 23.1. The number of aliphatic hydroxyl groups is 1. The lowest BCUT2D eigenvalue weighted by molar-refractivity contribution is -0.136. The van der Waals surface area contributed by atoms with E-state index in [1.165, 1.54) is 11.1 Å². The number of ether oxygens (including phenoxy) is 1. The molecule has 0 bridgehead atoms. The number of hydrogen-bond acceptors (Lipinski definition) is 8. The van der Waals surface area contributed by atoms with E-state index < -0.39 is 18.1 Å². The number of nitrogens with zero attached hydrogens (tertiary/aromatic N) is 3. The van der Waals surface area contributed by atoms with Gasteiger partial charge in [-0.15, -0.1) is 0 Å². The molecule has 10 nitrogen and oxygen atoms in total. The summed E-state index contributed by atoms with van der Waals surface area (Å²) < 4.78 is 6.06. The number of phenolic OH excluding ortho intramolecular Hbond substituents is 1. The summed E-state index contributed by atoms with van der Waals surface area (Å²) in [6.45, 7) is 7.18. The minimum atomic E-state index is -0.614. The van der Waals surface area contributed by atoms with Gasteiger partial charge in [-0.2, -0.15) is 0 Å². The quantitative estimate of drug-likeness (QED) is 0.116. The molecule has 7 rings (SSSR count). The van der Waals surface area contributed by atoms with Crippen LogP contribution in [0, 0.1) is 0 Å². The molecule has 54 heavy (non-hydrogen) atoms.